The number of Topliss-reactive ketones (excluding diaryl/α,β-unsaturated/α-hetero) is 1. The Labute approximate surface area is 193 Å². The molecule has 4 heterocycles. The first-order valence-corrected chi connectivity index (χ1v) is 11.7. The van der Waals surface area contributed by atoms with Crippen molar-refractivity contribution in [3.05, 3.63) is 46.9 Å². The fourth-order valence-corrected chi connectivity index (χ4v) is 5.29. The van der Waals surface area contributed by atoms with Crippen LogP contribution < -0.4 is 4.90 Å². The lowest BCUT2D eigenvalue weighted by atomic mass is 9.82. The largest absolute Gasteiger partial charge is 0.356 e. The van der Waals surface area contributed by atoms with E-state index >= 15 is 0 Å². The molecule has 1 fully saturated rings. The highest BCUT2D eigenvalue weighted by Crippen LogP contribution is 2.37. The first-order valence-electron chi connectivity index (χ1n) is 11.4. The summed E-state index contributed by atoms with van der Waals surface area (Å²) in [5.41, 5.74) is 5.00. The zero-order valence-electron chi connectivity index (χ0n) is 18.7. The number of aromatic amines is 1. The first-order chi connectivity index (χ1) is 15.4. The number of fused-ring (bicyclic) bond motifs is 2. The van der Waals surface area contributed by atoms with Crippen LogP contribution in [0.15, 0.2) is 35.7 Å². The molecular weight excluding hydrogens is 422 g/mol. The first kappa shape index (κ1) is 21.1. The van der Waals surface area contributed by atoms with Gasteiger partial charge in [0.1, 0.15) is 17.8 Å². The Morgan fingerprint density at radius 3 is 2.94 bits per heavy atom. The highest BCUT2D eigenvalue weighted by atomic mass is 35.5. The van der Waals surface area contributed by atoms with Crippen LogP contribution in [-0.2, 0) is 6.42 Å². The zero-order chi connectivity index (χ0) is 22.4. The SMILES string of the molecule is CC(C)CC(=O)c1ccc2c(c1)N=C(C1CCN(c3ncnc4[nH]cc(Cl)c34)C[C@@H]1C)C2. The summed E-state index contributed by atoms with van der Waals surface area (Å²) in [7, 11) is 0. The fourth-order valence-electron chi connectivity index (χ4n) is 5.07. The number of anilines is 1. The van der Waals surface area contributed by atoms with E-state index in [-0.39, 0.29) is 5.78 Å². The summed E-state index contributed by atoms with van der Waals surface area (Å²) >= 11 is 6.40. The lowest BCUT2D eigenvalue weighted by Crippen LogP contribution is -2.42. The molecule has 2 aromatic heterocycles. The van der Waals surface area contributed by atoms with Gasteiger partial charge in [-0.2, -0.15) is 0 Å². The highest BCUT2D eigenvalue weighted by molar-refractivity contribution is 6.36. The molecule has 7 heteroatoms. The van der Waals surface area contributed by atoms with Gasteiger partial charge in [0, 0.05) is 49.3 Å². The van der Waals surface area contributed by atoms with Crippen molar-refractivity contribution in [2.24, 2.45) is 22.7 Å². The Morgan fingerprint density at radius 1 is 1.31 bits per heavy atom. The predicted molar refractivity (Wildman–Crippen MR) is 129 cm³/mol. The van der Waals surface area contributed by atoms with Crippen LogP contribution in [0.4, 0.5) is 11.5 Å². The lowest BCUT2D eigenvalue weighted by Gasteiger charge is -2.38. The molecule has 6 nitrogen and oxygen atoms in total. The van der Waals surface area contributed by atoms with Gasteiger partial charge in [-0.3, -0.25) is 9.79 Å². The molecule has 5 rings (SSSR count). The van der Waals surface area contributed by atoms with Crippen molar-refractivity contribution >= 4 is 45.6 Å². The normalized spacial score (nSPS) is 20.7. The maximum atomic E-state index is 12.5. The van der Waals surface area contributed by atoms with Gasteiger partial charge >= 0.3 is 0 Å². The molecule has 0 saturated carbocycles. The van der Waals surface area contributed by atoms with Crippen molar-refractivity contribution in [1.82, 2.24) is 15.0 Å². The van der Waals surface area contributed by atoms with Gasteiger partial charge < -0.3 is 9.88 Å². The number of carbonyl (C=O) groups excluding carboxylic acids is 1. The Hall–Kier alpha value is -2.73. The average Bonchev–Trinajstić information content (AvgIpc) is 3.36. The van der Waals surface area contributed by atoms with E-state index in [1.54, 1.807) is 12.5 Å². The number of nitrogens with zero attached hydrogens (tertiary/aromatic N) is 4. The van der Waals surface area contributed by atoms with Crippen LogP contribution >= 0.6 is 11.6 Å². The molecule has 2 aliphatic heterocycles. The zero-order valence-corrected chi connectivity index (χ0v) is 19.5. The Morgan fingerprint density at radius 2 is 2.16 bits per heavy atom. The maximum Gasteiger partial charge on any atom is 0.163 e. The third-order valence-electron chi connectivity index (χ3n) is 6.67. The predicted octanol–water partition coefficient (Wildman–Crippen LogP) is 5.63. The second-order valence-electron chi connectivity index (χ2n) is 9.52. The van der Waals surface area contributed by atoms with Crippen molar-refractivity contribution in [3.8, 4) is 0 Å². The summed E-state index contributed by atoms with van der Waals surface area (Å²) < 4.78 is 0. The number of aliphatic imine (C=N–C) groups is 1. The lowest BCUT2D eigenvalue weighted by molar-refractivity contribution is 0.0968. The Kier molecular flexibility index (Phi) is 5.49. The molecular formula is C25H28ClN5O. The summed E-state index contributed by atoms with van der Waals surface area (Å²) in [5, 5.41) is 1.55. The number of ketones is 1. The molecule has 1 unspecified atom stereocenters. The third kappa shape index (κ3) is 3.81. The van der Waals surface area contributed by atoms with Crippen LogP contribution in [0.5, 0.6) is 0 Å². The molecule has 32 heavy (non-hydrogen) atoms. The van der Waals surface area contributed by atoms with E-state index in [0.29, 0.717) is 29.2 Å². The number of rotatable bonds is 5. The van der Waals surface area contributed by atoms with Crippen LogP contribution in [0, 0.1) is 17.8 Å². The van der Waals surface area contributed by atoms with Crippen molar-refractivity contribution in [3.63, 3.8) is 0 Å². The number of halogens is 1. The van der Waals surface area contributed by atoms with Crippen LogP contribution in [-0.4, -0.2) is 39.5 Å². The molecule has 2 aliphatic rings. The van der Waals surface area contributed by atoms with Crippen molar-refractivity contribution in [2.75, 3.05) is 18.0 Å². The van der Waals surface area contributed by atoms with E-state index in [1.165, 1.54) is 11.3 Å². The van der Waals surface area contributed by atoms with E-state index in [1.807, 2.05) is 12.1 Å². The molecule has 1 N–H and O–H groups in total. The molecule has 3 aromatic rings. The quantitative estimate of drug-likeness (QED) is 0.512. The van der Waals surface area contributed by atoms with Gasteiger partial charge in [-0.1, -0.05) is 44.5 Å². The fraction of sp³-hybridized carbons (Fsp3) is 0.440. The van der Waals surface area contributed by atoms with Crippen LogP contribution in [0.2, 0.25) is 5.02 Å². The number of nitrogens with one attached hydrogen (secondary N) is 1. The van der Waals surface area contributed by atoms with Gasteiger partial charge in [0.2, 0.25) is 0 Å². The molecule has 1 aromatic carbocycles. The molecule has 0 spiro atoms. The number of H-pyrrole nitrogens is 1. The smallest absolute Gasteiger partial charge is 0.163 e. The highest BCUT2D eigenvalue weighted by Gasteiger charge is 2.33. The van der Waals surface area contributed by atoms with E-state index in [9.17, 15) is 4.79 Å². The third-order valence-corrected chi connectivity index (χ3v) is 6.97. The van der Waals surface area contributed by atoms with Crippen molar-refractivity contribution in [1.29, 1.82) is 0 Å². The molecule has 0 aliphatic carbocycles. The van der Waals surface area contributed by atoms with E-state index in [2.05, 4.69) is 46.7 Å². The Bertz CT molecular complexity index is 1210. The van der Waals surface area contributed by atoms with E-state index in [4.69, 9.17) is 16.6 Å². The van der Waals surface area contributed by atoms with Gasteiger partial charge in [-0.05, 0) is 29.9 Å². The number of carbonyl (C=O) groups is 1. The average molecular weight is 450 g/mol. The second kappa shape index (κ2) is 8.32. The summed E-state index contributed by atoms with van der Waals surface area (Å²) in [6, 6.07) is 6.04. The molecule has 0 radical (unpaired) electrons. The van der Waals surface area contributed by atoms with Gasteiger partial charge in [0.05, 0.1) is 16.1 Å². The van der Waals surface area contributed by atoms with Gasteiger partial charge in [-0.25, -0.2) is 9.97 Å². The number of piperidine rings is 1. The minimum absolute atomic E-state index is 0.202. The second-order valence-corrected chi connectivity index (χ2v) is 9.93. The molecule has 0 bridgehead atoms. The number of hydrogen-bond donors (Lipinski definition) is 1. The van der Waals surface area contributed by atoms with Crippen molar-refractivity contribution in [2.45, 2.75) is 40.0 Å². The summed E-state index contributed by atoms with van der Waals surface area (Å²) in [4.78, 5) is 31.7. The minimum atomic E-state index is 0.202. The molecule has 1 saturated heterocycles. The molecule has 0 amide bonds. The van der Waals surface area contributed by atoms with E-state index < -0.39 is 0 Å². The Balaban J connectivity index is 1.33. The van der Waals surface area contributed by atoms with E-state index in [0.717, 1.165) is 54.0 Å². The van der Waals surface area contributed by atoms with Crippen LogP contribution in [0.3, 0.4) is 0 Å². The monoisotopic (exact) mass is 449 g/mol. The number of benzene rings is 1. The molecule has 166 valence electrons. The summed E-state index contributed by atoms with van der Waals surface area (Å²) in [6.45, 7) is 8.23. The minimum Gasteiger partial charge on any atom is -0.356 e. The molecule has 2 atom stereocenters. The number of hydrogen-bond acceptors (Lipinski definition) is 5. The van der Waals surface area contributed by atoms with Gasteiger partial charge in [0.25, 0.3) is 0 Å². The van der Waals surface area contributed by atoms with Crippen LogP contribution in [0.25, 0.3) is 11.0 Å². The number of aromatic nitrogens is 3. The maximum absolute atomic E-state index is 12.5. The van der Waals surface area contributed by atoms with Gasteiger partial charge in [-0.15, -0.1) is 0 Å². The standard InChI is InChI=1S/C25H28ClN5O/c1-14(2)8-22(32)17-5-4-16-9-21(30-20(16)10-17)18-6-7-31(12-15(18)3)25-23-19(26)11-27-24(23)28-13-29-25/h4-5,10-11,13-15,18H,6-9,12H2,1-3H3,(H,27,28,29)/t15-,18?/m0/s1. The van der Waals surface area contributed by atoms with Crippen molar-refractivity contribution < 1.29 is 4.79 Å². The van der Waals surface area contributed by atoms with Crippen LogP contribution in [0.1, 0.15) is 49.5 Å². The topological polar surface area (TPSA) is 74.2 Å². The summed E-state index contributed by atoms with van der Waals surface area (Å²) in [5.74, 6) is 2.32. The van der Waals surface area contributed by atoms with Gasteiger partial charge in [0.15, 0.2) is 5.78 Å². The summed E-state index contributed by atoms with van der Waals surface area (Å²) in [6.07, 6.45) is 5.83.